The van der Waals surface area contributed by atoms with E-state index in [1.807, 2.05) is 42.5 Å². The summed E-state index contributed by atoms with van der Waals surface area (Å²) < 4.78 is 0. The van der Waals surface area contributed by atoms with Crippen LogP contribution in [0, 0.1) is 0 Å². The molecular weight excluding hydrogens is 254 g/mol. The van der Waals surface area contributed by atoms with Crippen LogP contribution in [0.2, 0.25) is 0 Å². The lowest BCUT2D eigenvalue weighted by atomic mass is 9.83. The first-order valence-corrected chi connectivity index (χ1v) is 6.49. The van der Waals surface area contributed by atoms with E-state index < -0.39 is 11.5 Å². The maximum Gasteiger partial charge on any atom is 0.303 e. The summed E-state index contributed by atoms with van der Waals surface area (Å²) in [5, 5.41) is 8.61. The van der Waals surface area contributed by atoms with Crippen molar-refractivity contribution in [2.24, 2.45) is 5.73 Å². The van der Waals surface area contributed by atoms with Crippen LogP contribution in [0.25, 0.3) is 0 Å². The Kier molecular flexibility index (Phi) is 4.15. The summed E-state index contributed by atoms with van der Waals surface area (Å²) in [5.41, 5.74) is 5.96. The average Bonchev–Trinajstić information content (AvgIpc) is 2.46. The first kappa shape index (κ1) is 14.2. The summed E-state index contributed by atoms with van der Waals surface area (Å²) in [5.74, 6) is -1.17. The van der Waals surface area contributed by atoms with E-state index in [1.165, 1.54) is 0 Å². The highest BCUT2D eigenvalue weighted by atomic mass is 16.4. The van der Waals surface area contributed by atoms with Gasteiger partial charge in [0.2, 0.25) is 0 Å². The van der Waals surface area contributed by atoms with Gasteiger partial charge in [0.25, 0.3) is 0 Å². The van der Waals surface area contributed by atoms with Gasteiger partial charge >= 0.3 is 5.97 Å². The molecule has 4 nitrogen and oxygen atoms in total. The Bertz CT molecular complexity index is 546. The van der Waals surface area contributed by atoms with Crippen LogP contribution in [0.1, 0.15) is 24.3 Å². The number of hydrogen-bond donors (Lipinski definition) is 2. The maximum absolute atomic E-state index is 12.0. The second-order valence-corrected chi connectivity index (χ2v) is 4.90. The Morgan fingerprint density at radius 1 is 1.10 bits per heavy atom. The van der Waals surface area contributed by atoms with Crippen molar-refractivity contribution in [1.29, 1.82) is 0 Å². The van der Waals surface area contributed by atoms with E-state index in [-0.39, 0.29) is 24.5 Å². The minimum absolute atomic E-state index is 0.0590. The standard InChI is InChI=1S/C16H17NO3/c17-16(14(18)6-7-15(19)20)10-8-13(9-11-16)12-4-2-1-3-5-12/h1-5,8-11,13H,6-7,17H2,(H,19,20). The number of carboxylic acids is 1. The molecule has 1 aromatic carbocycles. The number of carbonyl (C=O) groups is 2. The lowest BCUT2D eigenvalue weighted by Crippen LogP contribution is -2.45. The highest BCUT2D eigenvalue weighted by molar-refractivity contribution is 5.94. The molecule has 0 bridgehead atoms. The zero-order valence-corrected chi connectivity index (χ0v) is 11.0. The summed E-state index contributed by atoms with van der Waals surface area (Å²) in [6, 6.07) is 9.88. The van der Waals surface area contributed by atoms with Crippen LogP contribution < -0.4 is 5.73 Å². The lowest BCUT2D eigenvalue weighted by Gasteiger charge is -2.25. The Morgan fingerprint density at radius 2 is 1.70 bits per heavy atom. The summed E-state index contributed by atoms with van der Waals surface area (Å²) in [7, 11) is 0. The minimum Gasteiger partial charge on any atom is -0.481 e. The van der Waals surface area contributed by atoms with Gasteiger partial charge in [0, 0.05) is 12.3 Å². The Labute approximate surface area is 117 Å². The van der Waals surface area contributed by atoms with Gasteiger partial charge in [-0.15, -0.1) is 0 Å². The topological polar surface area (TPSA) is 80.4 Å². The number of aliphatic carboxylic acids is 1. The van der Waals surface area contributed by atoms with Gasteiger partial charge in [-0.3, -0.25) is 9.59 Å². The van der Waals surface area contributed by atoms with E-state index >= 15 is 0 Å². The van der Waals surface area contributed by atoms with Crippen LogP contribution >= 0.6 is 0 Å². The zero-order valence-electron chi connectivity index (χ0n) is 11.0. The Hall–Kier alpha value is -2.20. The smallest absolute Gasteiger partial charge is 0.303 e. The third-order valence-electron chi connectivity index (χ3n) is 3.39. The van der Waals surface area contributed by atoms with Gasteiger partial charge in [0.05, 0.1) is 6.42 Å². The summed E-state index contributed by atoms with van der Waals surface area (Å²) in [4.78, 5) is 22.5. The van der Waals surface area contributed by atoms with Crippen molar-refractivity contribution in [3.8, 4) is 0 Å². The summed E-state index contributed by atoms with van der Waals surface area (Å²) in [6.45, 7) is 0. The van der Waals surface area contributed by atoms with Crippen molar-refractivity contribution in [3.63, 3.8) is 0 Å². The molecule has 0 amide bonds. The van der Waals surface area contributed by atoms with E-state index in [0.29, 0.717) is 0 Å². The highest BCUT2D eigenvalue weighted by Gasteiger charge is 2.30. The number of benzene rings is 1. The molecule has 1 aliphatic carbocycles. The van der Waals surface area contributed by atoms with Crippen molar-refractivity contribution >= 4 is 11.8 Å². The average molecular weight is 271 g/mol. The largest absolute Gasteiger partial charge is 0.481 e. The molecule has 0 atom stereocenters. The number of hydrogen-bond acceptors (Lipinski definition) is 3. The molecular formula is C16H17NO3. The van der Waals surface area contributed by atoms with Crippen molar-refractivity contribution in [3.05, 3.63) is 60.2 Å². The number of allylic oxidation sites excluding steroid dienone is 2. The molecule has 0 saturated carbocycles. The van der Waals surface area contributed by atoms with Crippen molar-refractivity contribution in [1.82, 2.24) is 0 Å². The molecule has 104 valence electrons. The molecule has 0 aliphatic heterocycles. The predicted molar refractivity (Wildman–Crippen MR) is 76.3 cm³/mol. The van der Waals surface area contributed by atoms with Crippen LogP contribution in [0.5, 0.6) is 0 Å². The van der Waals surface area contributed by atoms with Crippen LogP contribution in [-0.4, -0.2) is 22.4 Å². The molecule has 0 heterocycles. The molecule has 2 rings (SSSR count). The third-order valence-corrected chi connectivity index (χ3v) is 3.39. The van der Waals surface area contributed by atoms with Gasteiger partial charge in [-0.2, -0.15) is 0 Å². The molecule has 0 radical (unpaired) electrons. The summed E-state index contributed by atoms with van der Waals surface area (Å²) >= 11 is 0. The molecule has 3 N–H and O–H groups in total. The fraction of sp³-hybridized carbons (Fsp3) is 0.250. The van der Waals surface area contributed by atoms with E-state index in [0.717, 1.165) is 5.56 Å². The molecule has 0 aromatic heterocycles. The molecule has 1 aromatic rings. The van der Waals surface area contributed by atoms with Gasteiger partial charge < -0.3 is 10.8 Å². The van der Waals surface area contributed by atoms with Gasteiger partial charge in [-0.1, -0.05) is 54.6 Å². The zero-order chi connectivity index (χ0) is 14.6. The third kappa shape index (κ3) is 3.22. The lowest BCUT2D eigenvalue weighted by molar-refractivity contribution is -0.138. The van der Waals surface area contributed by atoms with Crippen LogP contribution in [-0.2, 0) is 9.59 Å². The second kappa shape index (κ2) is 5.84. The monoisotopic (exact) mass is 271 g/mol. The van der Waals surface area contributed by atoms with E-state index in [2.05, 4.69) is 0 Å². The molecule has 4 heteroatoms. The highest BCUT2D eigenvalue weighted by Crippen LogP contribution is 2.26. The Morgan fingerprint density at radius 3 is 2.25 bits per heavy atom. The minimum atomic E-state index is -1.18. The van der Waals surface area contributed by atoms with E-state index in [4.69, 9.17) is 10.8 Å². The molecule has 1 aliphatic rings. The predicted octanol–water partition coefficient (Wildman–Crippen LogP) is 2.03. The molecule has 20 heavy (non-hydrogen) atoms. The SMILES string of the molecule is NC1(C(=O)CCC(=O)O)C=CC(c2ccccc2)C=C1. The number of rotatable bonds is 5. The summed E-state index contributed by atoms with van der Waals surface area (Å²) in [6.07, 6.45) is 6.84. The number of Topliss-reactive ketones (excluding diaryl/α,β-unsaturated/α-hetero) is 1. The van der Waals surface area contributed by atoms with Crippen LogP contribution in [0.3, 0.4) is 0 Å². The fourth-order valence-electron chi connectivity index (χ4n) is 2.17. The van der Waals surface area contributed by atoms with Gasteiger partial charge in [0.1, 0.15) is 5.54 Å². The number of ketones is 1. The first-order chi connectivity index (χ1) is 9.51. The quantitative estimate of drug-likeness (QED) is 0.803. The van der Waals surface area contributed by atoms with Crippen molar-refractivity contribution in [2.45, 2.75) is 24.3 Å². The van der Waals surface area contributed by atoms with Crippen molar-refractivity contribution in [2.75, 3.05) is 0 Å². The van der Waals surface area contributed by atoms with Gasteiger partial charge in [-0.25, -0.2) is 0 Å². The molecule has 0 saturated heterocycles. The molecule has 0 unspecified atom stereocenters. The normalized spacial score (nSPS) is 24.6. The number of carbonyl (C=O) groups excluding carboxylic acids is 1. The fourth-order valence-corrected chi connectivity index (χ4v) is 2.17. The molecule has 0 spiro atoms. The van der Waals surface area contributed by atoms with Crippen LogP contribution in [0.4, 0.5) is 0 Å². The number of nitrogens with two attached hydrogens (primary N) is 1. The second-order valence-electron chi connectivity index (χ2n) is 4.90. The first-order valence-electron chi connectivity index (χ1n) is 6.49. The van der Waals surface area contributed by atoms with Gasteiger partial charge in [0.15, 0.2) is 5.78 Å². The maximum atomic E-state index is 12.0. The van der Waals surface area contributed by atoms with Crippen molar-refractivity contribution < 1.29 is 14.7 Å². The molecule has 0 fully saturated rings. The van der Waals surface area contributed by atoms with E-state index in [9.17, 15) is 9.59 Å². The van der Waals surface area contributed by atoms with E-state index in [1.54, 1.807) is 12.2 Å². The van der Waals surface area contributed by atoms with Gasteiger partial charge in [-0.05, 0) is 5.56 Å². The Balaban J connectivity index is 2.06. The van der Waals surface area contributed by atoms with Crippen LogP contribution in [0.15, 0.2) is 54.6 Å². The number of carboxylic acid groups (broad SMARTS) is 1.